The van der Waals surface area contributed by atoms with Crippen LogP contribution in [0.25, 0.3) is 0 Å². The van der Waals surface area contributed by atoms with Gasteiger partial charge in [-0.3, -0.25) is 19.2 Å². The summed E-state index contributed by atoms with van der Waals surface area (Å²) in [5.41, 5.74) is 0.309. The van der Waals surface area contributed by atoms with Gasteiger partial charge >= 0.3 is 0 Å². The van der Waals surface area contributed by atoms with Gasteiger partial charge in [-0.25, -0.2) is 4.90 Å². The molecular weight excluding hydrogens is 498 g/mol. The van der Waals surface area contributed by atoms with Gasteiger partial charge < -0.3 is 4.74 Å². The number of anilines is 1. The van der Waals surface area contributed by atoms with E-state index in [9.17, 15) is 19.2 Å². The highest BCUT2D eigenvalue weighted by molar-refractivity contribution is 9.10. The summed E-state index contributed by atoms with van der Waals surface area (Å²) >= 11 is 3.36. The Bertz CT molecular complexity index is 1380. The maximum absolute atomic E-state index is 13.9. The van der Waals surface area contributed by atoms with Gasteiger partial charge in [0.1, 0.15) is 0 Å². The number of ether oxygens (including phenoxy) is 1. The molecule has 2 fully saturated rings. The second-order valence-corrected chi connectivity index (χ2v) is 9.74. The molecule has 7 heteroatoms. The summed E-state index contributed by atoms with van der Waals surface area (Å²) in [6, 6.07) is 20.6. The summed E-state index contributed by atoms with van der Waals surface area (Å²) in [6.07, 6.45) is -0.912. The van der Waals surface area contributed by atoms with Gasteiger partial charge in [0.05, 0.1) is 23.6 Å². The fourth-order valence-corrected chi connectivity index (χ4v) is 5.81. The number of carbonyl (C=O) groups is 4. The molecule has 34 heavy (non-hydrogen) atoms. The molecule has 2 heterocycles. The Morgan fingerprint density at radius 1 is 0.794 bits per heavy atom. The van der Waals surface area contributed by atoms with Crippen molar-refractivity contribution in [3.63, 3.8) is 0 Å². The Balaban J connectivity index is 1.56. The summed E-state index contributed by atoms with van der Waals surface area (Å²) in [7, 11) is 0. The molecule has 1 aliphatic carbocycles. The van der Waals surface area contributed by atoms with Crippen molar-refractivity contribution in [2.24, 2.45) is 11.8 Å². The van der Waals surface area contributed by atoms with Crippen molar-refractivity contribution in [1.82, 2.24) is 0 Å². The SMILES string of the molecule is Cc1ccccc1[C@H]1OC2(C(=O)c3ccccc3C2=O)[C@@H]2C(=O)N(c3ccc(Br)cc3)C(=O)[C@@H]12. The third kappa shape index (κ3) is 2.59. The van der Waals surface area contributed by atoms with Gasteiger partial charge in [0, 0.05) is 15.6 Å². The first-order chi connectivity index (χ1) is 16.4. The normalized spacial score (nSPS) is 24.8. The van der Waals surface area contributed by atoms with Crippen LogP contribution in [0.2, 0.25) is 0 Å². The van der Waals surface area contributed by atoms with Crippen molar-refractivity contribution in [3.8, 4) is 0 Å². The highest BCUT2D eigenvalue weighted by Crippen LogP contribution is 2.58. The van der Waals surface area contributed by atoms with Crippen LogP contribution in [0.3, 0.4) is 0 Å². The lowest BCUT2D eigenvalue weighted by atomic mass is 9.77. The Morgan fingerprint density at radius 2 is 1.38 bits per heavy atom. The number of imide groups is 1. The zero-order valence-corrected chi connectivity index (χ0v) is 19.6. The number of hydrogen-bond donors (Lipinski definition) is 0. The molecule has 2 saturated heterocycles. The van der Waals surface area contributed by atoms with Crippen molar-refractivity contribution in [3.05, 3.63) is 99.5 Å². The minimum atomic E-state index is -2.06. The molecule has 0 bridgehead atoms. The van der Waals surface area contributed by atoms with Crippen molar-refractivity contribution in [2.45, 2.75) is 18.6 Å². The van der Waals surface area contributed by atoms with E-state index in [4.69, 9.17) is 4.74 Å². The number of amides is 2. The van der Waals surface area contributed by atoms with Crippen LogP contribution in [0.5, 0.6) is 0 Å². The monoisotopic (exact) mass is 515 g/mol. The fraction of sp³-hybridized carbons (Fsp3) is 0.185. The third-order valence-corrected chi connectivity index (χ3v) is 7.63. The molecule has 6 rings (SSSR count). The summed E-state index contributed by atoms with van der Waals surface area (Å²) in [5.74, 6) is -4.43. The summed E-state index contributed by atoms with van der Waals surface area (Å²) in [4.78, 5) is 56.2. The number of hydrogen-bond acceptors (Lipinski definition) is 5. The molecule has 6 nitrogen and oxygen atoms in total. The van der Waals surface area contributed by atoms with Gasteiger partial charge in [-0.2, -0.15) is 0 Å². The number of ketones is 2. The zero-order chi connectivity index (χ0) is 23.8. The first-order valence-electron chi connectivity index (χ1n) is 10.9. The second-order valence-electron chi connectivity index (χ2n) is 8.83. The van der Waals surface area contributed by atoms with Crippen LogP contribution >= 0.6 is 15.9 Å². The topological polar surface area (TPSA) is 80.8 Å². The van der Waals surface area contributed by atoms with Crippen LogP contribution < -0.4 is 4.90 Å². The van der Waals surface area contributed by atoms with Crippen molar-refractivity contribution < 1.29 is 23.9 Å². The molecule has 3 aromatic carbocycles. The second kappa shape index (κ2) is 7.29. The smallest absolute Gasteiger partial charge is 0.241 e. The highest BCUT2D eigenvalue weighted by Gasteiger charge is 2.74. The van der Waals surface area contributed by atoms with E-state index in [1.165, 1.54) is 0 Å². The van der Waals surface area contributed by atoms with Crippen LogP contribution in [0.4, 0.5) is 5.69 Å². The Labute approximate surface area is 203 Å². The first-order valence-corrected chi connectivity index (χ1v) is 11.7. The van der Waals surface area contributed by atoms with Crippen LogP contribution in [0.1, 0.15) is 37.9 Å². The van der Waals surface area contributed by atoms with Gasteiger partial charge in [-0.1, -0.05) is 64.5 Å². The number of benzene rings is 3. The van der Waals surface area contributed by atoms with Gasteiger partial charge in [0.15, 0.2) is 0 Å². The largest absolute Gasteiger partial charge is 0.349 e. The number of fused-ring (bicyclic) bond motifs is 3. The van der Waals surface area contributed by atoms with E-state index < -0.39 is 46.9 Å². The number of nitrogens with zero attached hydrogens (tertiary/aromatic N) is 1. The maximum Gasteiger partial charge on any atom is 0.241 e. The number of rotatable bonds is 2. The lowest BCUT2D eigenvalue weighted by Crippen LogP contribution is -2.51. The van der Waals surface area contributed by atoms with Gasteiger partial charge in [0.25, 0.3) is 0 Å². The van der Waals surface area contributed by atoms with E-state index in [0.717, 1.165) is 14.9 Å². The number of Topliss-reactive ketones (excluding diaryl/α,β-unsaturated/α-hetero) is 2. The van der Waals surface area contributed by atoms with E-state index in [1.54, 1.807) is 48.5 Å². The lowest BCUT2D eigenvalue weighted by Gasteiger charge is -2.27. The first kappa shape index (κ1) is 21.1. The van der Waals surface area contributed by atoms with Crippen molar-refractivity contribution in [2.75, 3.05) is 4.90 Å². The van der Waals surface area contributed by atoms with Crippen LogP contribution in [0, 0.1) is 18.8 Å². The molecule has 1 spiro atoms. The Hall–Kier alpha value is -3.42. The van der Waals surface area contributed by atoms with Crippen LogP contribution in [-0.2, 0) is 14.3 Å². The molecule has 3 atom stereocenters. The Kier molecular flexibility index (Phi) is 4.53. The maximum atomic E-state index is 13.9. The van der Waals surface area contributed by atoms with E-state index in [2.05, 4.69) is 15.9 Å². The van der Waals surface area contributed by atoms with Crippen molar-refractivity contribution in [1.29, 1.82) is 0 Å². The van der Waals surface area contributed by atoms with Crippen molar-refractivity contribution >= 4 is 45.0 Å². The molecule has 0 aromatic heterocycles. The number of aryl methyl sites for hydroxylation is 1. The summed E-state index contributed by atoms with van der Waals surface area (Å²) in [5, 5.41) is 0. The predicted molar refractivity (Wildman–Crippen MR) is 126 cm³/mol. The van der Waals surface area contributed by atoms with Gasteiger partial charge in [0.2, 0.25) is 29.0 Å². The average molecular weight is 516 g/mol. The zero-order valence-electron chi connectivity index (χ0n) is 18.0. The average Bonchev–Trinajstić information content (AvgIpc) is 3.40. The quantitative estimate of drug-likeness (QED) is 0.372. The van der Waals surface area contributed by atoms with Gasteiger partial charge in [-0.15, -0.1) is 0 Å². The summed E-state index contributed by atoms with van der Waals surface area (Å²) < 4.78 is 7.12. The molecule has 0 unspecified atom stereocenters. The molecule has 3 aliphatic rings. The molecular formula is C27H18BrNO5. The molecule has 168 valence electrons. The van der Waals surface area contributed by atoms with E-state index in [1.807, 2.05) is 31.2 Å². The Morgan fingerprint density at radius 3 is 2.00 bits per heavy atom. The lowest BCUT2D eigenvalue weighted by molar-refractivity contribution is -0.127. The van der Waals surface area contributed by atoms with E-state index in [-0.39, 0.29) is 11.1 Å². The number of halogens is 1. The highest BCUT2D eigenvalue weighted by atomic mass is 79.9. The van der Waals surface area contributed by atoms with Gasteiger partial charge in [-0.05, 0) is 42.3 Å². The summed E-state index contributed by atoms with van der Waals surface area (Å²) in [6.45, 7) is 1.87. The minimum absolute atomic E-state index is 0.221. The minimum Gasteiger partial charge on any atom is -0.349 e. The molecule has 2 aliphatic heterocycles. The van der Waals surface area contributed by atoms with E-state index in [0.29, 0.717) is 11.3 Å². The van der Waals surface area contributed by atoms with E-state index >= 15 is 0 Å². The third-order valence-electron chi connectivity index (χ3n) is 7.10. The fourth-order valence-electron chi connectivity index (χ4n) is 5.55. The molecule has 0 radical (unpaired) electrons. The van der Waals surface area contributed by atoms with Crippen LogP contribution in [-0.4, -0.2) is 29.0 Å². The molecule has 0 N–H and O–H groups in total. The predicted octanol–water partition coefficient (Wildman–Crippen LogP) is 4.45. The van der Waals surface area contributed by atoms with Crippen LogP contribution in [0.15, 0.2) is 77.3 Å². The molecule has 2 amide bonds. The number of carbonyl (C=O) groups excluding carboxylic acids is 4. The molecule has 3 aromatic rings. The standard InChI is InChI=1S/C27H18BrNO5/c1-14-6-2-3-7-17(14)22-20-21(26(33)29(25(20)32)16-12-10-15(28)11-13-16)27(34-22)23(30)18-8-4-5-9-19(18)24(27)31/h2-13,20-22H,1H3/t20-,21+,22-/m1/s1. The molecule has 0 saturated carbocycles.